The quantitative estimate of drug-likeness (QED) is 0.453. The molecule has 28 heavy (non-hydrogen) atoms. The molecular weight excluding hydrogens is 390 g/mol. The SMILES string of the molecule is Cc1ccc([C@H](NCc2nc3ccc(Cl)cc3n2CCO)c2cccs2)cc1. The lowest BCUT2D eigenvalue weighted by Gasteiger charge is -2.19. The van der Waals surface area contributed by atoms with Crippen LogP contribution in [-0.4, -0.2) is 21.3 Å². The summed E-state index contributed by atoms with van der Waals surface area (Å²) in [6.07, 6.45) is 0. The van der Waals surface area contributed by atoms with Gasteiger partial charge in [0.05, 0.1) is 30.2 Å². The van der Waals surface area contributed by atoms with Gasteiger partial charge in [-0.2, -0.15) is 0 Å². The van der Waals surface area contributed by atoms with Gasteiger partial charge in [0.25, 0.3) is 0 Å². The van der Waals surface area contributed by atoms with Crippen LogP contribution in [0.5, 0.6) is 0 Å². The predicted octanol–water partition coefficient (Wildman–Crippen LogP) is 4.93. The number of halogens is 1. The maximum absolute atomic E-state index is 9.52. The number of nitrogens with zero attached hydrogens (tertiary/aromatic N) is 2. The molecule has 1 atom stereocenters. The Balaban J connectivity index is 1.65. The highest BCUT2D eigenvalue weighted by atomic mass is 35.5. The van der Waals surface area contributed by atoms with Crippen LogP contribution in [0.15, 0.2) is 60.0 Å². The van der Waals surface area contributed by atoms with Crippen molar-refractivity contribution in [2.24, 2.45) is 0 Å². The topological polar surface area (TPSA) is 50.1 Å². The van der Waals surface area contributed by atoms with Gasteiger partial charge < -0.3 is 9.67 Å². The van der Waals surface area contributed by atoms with E-state index in [1.807, 2.05) is 22.8 Å². The molecule has 0 bridgehead atoms. The third-order valence-electron chi connectivity index (χ3n) is 4.82. The van der Waals surface area contributed by atoms with Gasteiger partial charge in [-0.25, -0.2) is 4.98 Å². The normalized spacial score (nSPS) is 12.5. The molecule has 2 aromatic heterocycles. The molecule has 0 unspecified atom stereocenters. The van der Waals surface area contributed by atoms with Crippen molar-refractivity contribution in [3.63, 3.8) is 0 Å². The van der Waals surface area contributed by atoms with Crippen LogP contribution in [0, 0.1) is 6.92 Å². The van der Waals surface area contributed by atoms with Gasteiger partial charge >= 0.3 is 0 Å². The minimum absolute atomic E-state index is 0.0529. The lowest BCUT2D eigenvalue weighted by Crippen LogP contribution is -2.23. The second-order valence-electron chi connectivity index (χ2n) is 6.78. The molecule has 6 heteroatoms. The zero-order valence-electron chi connectivity index (χ0n) is 15.6. The van der Waals surface area contributed by atoms with Gasteiger partial charge in [0.2, 0.25) is 0 Å². The Labute approximate surface area is 173 Å². The Morgan fingerprint density at radius 2 is 2.00 bits per heavy atom. The fraction of sp³-hybridized carbons (Fsp3) is 0.227. The molecule has 4 nitrogen and oxygen atoms in total. The van der Waals surface area contributed by atoms with E-state index < -0.39 is 0 Å². The average Bonchev–Trinajstić information content (AvgIpc) is 3.33. The van der Waals surface area contributed by atoms with Crippen molar-refractivity contribution in [1.82, 2.24) is 14.9 Å². The van der Waals surface area contributed by atoms with Gasteiger partial charge in [-0.05, 0) is 42.1 Å². The summed E-state index contributed by atoms with van der Waals surface area (Å²) < 4.78 is 2.04. The molecule has 0 aliphatic heterocycles. The minimum Gasteiger partial charge on any atom is -0.395 e. The van der Waals surface area contributed by atoms with Crippen LogP contribution < -0.4 is 5.32 Å². The molecule has 4 rings (SSSR count). The Hall–Kier alpha value is -2.18. The Kier molecular flexibility index (Phi) is 5.78. The summed E-state index contributed by atoms with van der Waals surface area (Å²) >= 11 is 7.91. The van der Waals surface area contributed by atoms with Crippen LogP contribution in [0.25, 0.3) is 11.0 Å². The van der Waals surface area contributed by atoms with Crippen molar-refractivity contribution >= 4 is 34.0 Å². The number of benzene rings is 2. The molecule has 0 spiro atoms. The van der Waals surface area contributed by atoms with E-state index in [0.717, 1.165) is 16.9 Å². The van der Waals surface area contributed by atoms with Gasteiger partial charge in [-0.15, -0.1) is 11.3 Å². The maximum Gasteiger partial charge on any atom is 0.123 e. The van der Waals surface area contributed by atoms with Crippen LogP contribution in [0.2, 0.25) is 5.02 Å². The number of fused-ring (bicyclic) bond motifs is 1. The van der Waals surface area contributed by atoms with Gasteiger partial charge in [-0.1, -0.05) is 47.5 Å². The van der Waals surface area contributed by atoms with E-state index >= 15 is 0 Å². The third-order valence-corrected chi connectivity index (χ3v) is 5.99. The maximum atomic E-state index is 9.52. The summed E-state index contributed by atoms with van der Waals surface area (Å²) in [4.78, 5) is 6.03. The fourth-order valence-electron chi connectivity index (χ4n) is 3.42. The van der Waals surface area contributed by atoms with Gasteiger partial charge in [0.1, 0.15) is 5.82 Å². The molecule has 144 valence electrons. The molecule has 0 aliphatic rings. The molecule has 0 saturated carbocycles. The van der Waals surface area contributed by atoms with Gasteiger partial charge in [0, 0.05) is 16.4 Å². The number of nitrogens with one attached hydrogen (secondary N) is 1. The molecular formula is C22H22ClN3OS. The van der Waals surface area contributed by atoms with E-state index in [1.165, 1.54) is 16.0 Å². The van der Waals surface area contributed by atoms with Crippen LogP contribution >= 0.6 is 22.9 Å². The Morgan fingerprint density at radius 1 is 1.18 bits per heavy atom. The zero-order chi connectivity index (χ0) is 19.5. The first-order valence-electron chi connectivity index (χ1n) is 9.24. The number of hydrogen-bond acceptors (Lipinski definition) is 4. The Bertz CT molecular complexity index is 1060. The molecule has 4 aromatic rings. The number of aliphatic hydroxyl groups excluding tert-OH is 1. The van der Waals surface area contributed by atoms with E-state index in [2.05, 4.69) is 54.0 Å². The molecule has 0 amide bonds. The van der Waals surface area contributed by atoms with E-state index in [-0.39, 0.29) is 12.6 Å². The van der Waals surface area contributed by atoms with E-state index in [4.69, 9.17) is 16.6 Å². The van der Waals surface area contributed by atoms with Crippen molar-refractivity contribution in [3.8, 4) is 0 Å². The number of aliphatic hydroxyl groups is 1. The molecule has 0 saturated heterocycles. The minimum atomic E-state index is 0.0529. The molecule has 0 aliphatic carbocycles. The summed E-state index contributed by atoms with van der Waals surface area (Å²) in [5.41, 5.74) is 4.30. The highest BCUT2D eigenvalue weighted by Crippen LogP contribution is 2.27. The first-order valence-corrected chi connectivity index (χ1v) is 10.5. The summed E-state index contributed by atoms with van der Waals surface area (Å²) in [6, 6.07) is 18.6. The molecule has 2 heterocycles. The smallest absolute Gasteiger partial charge is 0.123 e. The molecule has 2 N–H and O–H groups in total. The largest absolute Gasteiger partial charge is 0.395 e. The predicted molar refractivity (Wildman–Crippen MR) is 116 cm³/mol. The number of imidazole rings is 1. The van der Waals surface area contributed by atoms with Crippen molar-refractivity contribution < 1.29 is 5.11 Å². The number of aryl methyl sites for hydroxylation is 1. The number of hydrogen-bond donors (Lipinski definition) is 2. The third kappa shape index (κ3) is 3.98. The monoisotopic (exact) mass is 411 g/mol. The first-order chi connectivity index (χ1) is 13.7. The fourth-order valence-corrected chi connectivity index (χ4v) is 4.41. The zero-order valence-corrected chi connectivity index (χ0v) is 17.2. The highest BCUT2D eigenvalue weighted by molar-refractivity contribution is 7.10. The van der Waals surface area contributed by atoms with Gasteiger partial charge in [-0.3, -0.25) is 5.32 Å². The van der Waals surface area contributed by atoms with Crippen molar-refractivity contribution in [2.75, 3.05) is 6.61 Å². The van der Waals surface area contributed by atoms with Crippen LogP contribution in [-0.2, 0) is 13.1 Å². The summed E-state index contributed by atoms with van der Waals surface area (Å²) in [7, 11) is 0. The summed E-state index contributed by atoms with van der Waals surface area (Å²) in [5.74, 6) is 0.889. The van der Waals surface area contributed by atoms with Crippen molar-refractivity contribution in [2.45, 2.75) is 26.1 Å². The van der Waals surface area contributed by atoms with Crippen LogP contribution in [0.1, 0.15) is 27.9 Å². The van der Waals surface area contributed by atoms with E-state index in [1.54, 1.807) is 11.3 Å². The average molecular weight is 412 g/mol. The van der Waals surface area contributed by atoms with Crippen molar-refractivity contribution in [1.29, 1.82) is 0 Å². The van der Waals surface area contributed by atoms with Crippen LogP contribution in [0.4, 0.5) is 0 Å². The van der Waals surface area contributed by atoms with Crippen molar-refractivity contribution in [3.05, 3.63) is 86.8 Å². The van der Waals surface area contributed by atoms with E-state index in [0.29, 0.717) is 18.1 Å². The lowest BCUT2D eigenvalue weighted by atomic mass is 10.0. The molecule has 0 radical (unpaired) electrons. The standard InChI is InChI=1S/C22H22ClN3OS/c1-15-4-6-16(7-5-15)22(20-3-2-12-28-20)24-14-21-25-18-9-8-17(23)13-19(18)26(21)10-11-27/h2-9,12-13,22,24,27H,10-11,14H2,1H3/t22-/m0/s1. The first kappa shape index (κ1) is 19.2. The second kappa shape index (κ2) is 8.45. The summed E-state index contributed by atoms with van der Waals surface area (Å²) in [6.45, 7) is 3.22. The highest BCUT2D eigenvalue weighted by Gasteiger charge is 2.17. The Morgan fingerprint density at radius 3 is 2.71 bits per heavy atom. The second-order valence-corrected chi connectivity index (χ2v) is 8.19. The number of aromatic nitrogens is 2. The lowest BCUT2D eigenvalue weighted by molar-refractivity contribution is 0.275. The molecule has 2 aromatic carbocycles. The van der Waals surface area contributed by atoms with Crippen LogP contribution in [0.3, 0.4) is 0 Å². The summed E-state index contributed by atoms with van der Waals surface area (Å²) in [5, 5.41) is 16.0. The molecule has 0 fully saturated rings. The number of rotatable bonds is 7. The van der Waals surface area contributed by atoms with Gasteiger partial charge in [0.15, 0.2) is 0 Å². The van der Waals surface area contributed by atoms with E-state index in [9.17, 15) is 5.11 Å². The number of thiophene rings is 1.